The first-order valence-electron chi connectivity index (χ1n) is 4.50. The quantitative estimate of drug-likeness (QED) is 0.409. The van der Waals surface area contributed by atoms with Gasteiger partial charge < -0.3 is 5.73 Å². The van der Waals surface area contributed by atoms with Crippen LogP contribution in [-0.4, -0.2) is 20.3 Å². The van der Waals surface area contributed by atoms with Crippen LogP contribution in [0, 0.1) is 12.3 Å². The van der Waals surface area contributed by atoms with E-state index in [9.17, 15) is 13.2 Å². The third kappa shape index (κ3) is 3.26. The highest BCUT2D eigenvalue weighted by Gasteiger charge is 2.15. The summed E-state index contributed by atoms with van der Waals surface area (Å²) >= 11 is 0. The number of amides is 1. The molecule has 7 nitrogen and oxygen atoms in total. The van der Waals surface area contributed by atoms with Crippen molar-refractivity contribution in [1.82, 2.24) is 5.32 Å². The van der Waals surface area contributed by atoms with Crippen molar-refractivity contribution in [2.75, 3.05) is 0 Å². The predicted molar refractivity (Wildman–Crippen MR) is 61.9 cm³/mol. The Morgan fingerprint density at radius 2 is 2.00 bits per heavy atom. The lowest BCUT2D eigenvalue weighted by atomic mass is 10.1. The molecule has 0 aliphatic heterocycles. The minimum atomic E-state index is -3.88. The number of guanidine groups is 1. The van der Waals surface area contributed by atoms with Crippen LogP contribution >= 0.6 is 0 Å². The molecule has 0 radical (unpaired) electrons. The van der Waals surface area contributed by atoms with Crippen molar-refractivity contribution in [2.45, 2.75) is 11.8 Å². The average molecular weight is 256 g/mol. The van der Waals surface area contributed by atoms with Gasteiger partial charge in [0, 0.05) is 5.56 Å². The van der Waals surface area contributed by atoms with Crippen molar-refractivity contribution >= 4 is 21.9 Å². The molecule has 1 amide bonds. The molecule has 0 aliphatic carbocycles. The van der Waals surface area contributed by atoms with Gasteiger partial charge in [-0.15, -0.1) is 0 Å². The molecule has 0 unspecified atom stereocenters. The molecule has 0 saturated carbocycles. The molecule has 0 fully saturated rings. The topological polar surface area (TPSA) is 139 Å². The van der Waals surface area contributed by atoms with E-state index in [2.05, 4.69) is 0 Å². The smallest absolute Gasteiger partial charge is 0.257 e. The predicted octanol–water partition coefficient (Wildman–Crippen LogP) is -0.734. The van der Waals surface area contributed by atoms with Gasteiger partial charge in [-0.2, -0.15) is 0 Å². The molecule has 92 valence electrons. The largest absolute Gasteiger partial charge is 0.370 e. The summed E-state index contributed by atoms with van der Waals surface area (Å²) in [6.07, 6.45) is 0. The minimum absolute atomic E-state index is 0.0647. The molecule has 1 aromatic rings. The van der Waals surface area contributed by atoms with Crippen LogP contribution in [0.4, 0.5) is 0 Å². The van der Waals surface area contributed by atoms with Gasteiger partial charge >= 0.3 is 0 Å². The van der Waals surface area contributed by atoms with Crippen molar-refractivity contribution in [3.8, 4) is 0 Å². The molecular weight excluding hydrogens is 244 g/mol. The van der Waals surface area contributed by atoms with E-state index in [1.165, 1.54) is 12.1 Å². The minimum Gasteiger partial charge on any atom is -0.370 e. The molecule has 6 N–H and O–H groups in total. The zero-order valence-electron chi connectivity index (χ0n) is 9.02. The zero-order valence-corrected chi connectivity index (χ0v) is 9.84. The first kappa shape index (κ1) is 13.1. The molecular formula is C9H12N4O3S. The lowest BCUT2D eigenvalue weighted by Gasteiger charge is -2.07. The highest BCUT2D eigenvalue weighted by Crippen LogP contribution is 2.15. The van der Waals surface area contributed by atoms with Crippen LogP contribution in [0.15, 0.2) is 23.1 Å². The Labute approximate surface area is 98.4 Å². The molecule has 0 atom stereocenters. The lowest BCUT2D eigenvalue weighted by molar-refractivity contribution is 0.0976. The normalized spacial score (nSPS) is 10.9. The number of hydrogen-bond donors (Lipinski definition) is 4. The van der Waals surface area contributed by atoms with E-state index in [0.29, 0.717) is 5.56 Å². The number of nitrogens with two attached hydrogens (primary N) is 2. The summed E-state index contributed by atoms with van der Waals surface area (Å²) < 4.78 is 22.5. The van der Waals surface area contributed by atoms with Gasteiger partial charge in [-0.25, -0.2) is 13.6 Å². The van der Waals surface area contributed by atoms with Crippen molar-refractivity contribution < 1.29 is 13.2 Å². The fourth-order valence-corrected chi connectivity index (χ4v) is 2.05. The van der Waals surface area contributed by atoms with Gasteiger partial charge in [-0.3, -0.25) is 15.5 Å². The lowest BCUT2D eigenvalue weighted by Crippen LogP contribution is -2.35. The standard InChI is InChI=1S/C9H12N4O3S/c1-5-2-3-6(8(14)13-9(10)11)4-7(5)17(12,15)16/h2-4H,1H3,(H2,12,15,16)(H4,10,11,13,14). The maximum Gasteiger partial charge on any atom is 0.257 e. The number of carbonyl (C=O) groups excluding carboxylic acids is 1. The van der Waals surface area contributed by atoms with Gasteiger partial charge in [0.2, 0.25) is 10.0 Å². The third-order valence-electron chi connectivity index (χ3n) is 2.01. The number of sulfonamides is 1. The van der Waals surface area contributed by atoms with Crippen molar-refractivity contribution in [3.63, 3.8) is 0 Å². The van der Waals surface area contributed by atoms with Gasteiger partial charge in [0.15, 0.2) is 5.96 Å². The van der Waals surface area contributed by atoms with Crippen molar-refractivity contribution in [2.24, 2.45) is 10.9 Å². The van der Waals surface area contributed by atoms with Crippen LogP contribution in [0.5, 0.6) is 0 Å². The van der Waals surface area contributed by atoms with E-state index in [1.54, 1.807) is 6.92 Å². The van der Waals surface area contributed by atoms with Crippen LogP contribution in [0.2, 0.25) is 0 Å². The molecule has 0 aromatic heterocycles. The third-order valence-corrected chi connectivity index (χ3v) is 3.06. The van der Waals surface area contributed by atoms with Crippen LogP contribution in [0.1, 0.15) is 15.9 Å². The zero-order chi connectivity index (χ0) is 13.2. The van der Waals surface area contributed by atoms with E-state index in [-0.39, 0.29) is 10.5 Å². The number of aryl methyl sites for hydroxylation is 1. The highest BCUT2D eigenvalue weighted by molar-refractivity contribution is 7.89. The van der Waals surface area contributed by atoms with Crippen LogP contribution in [-0.2, 0) is 10.0 Å². The Balaban J connectivity index is 3.22. The molecule has 0 bridgehead atoms. The second kappa shape index (κ2) is 4.52. The fraction of sp³-hybridized carbons (Fsp3) is 0.111. The fourth-order valence-electron chi connectivity index (χ4n) is 1.24. The van der Waals surface area contributed by atoms with Crippen LogP contribution < -0.4 is 16.2 Å². The van der Waals surface area contributed by atoms with Gasteiger partial charge in [-0.05, 0) is 24.6 Å². The number of hydrogen-bond acceptors (Lipinski definition) is 4. The Hall–Kier alpha value is -1.93. The monoisotopic (exact) mass is 256 g/mol. The average Bonchev–Trinajstić information content (AvgIpc) is 2.15. The molecule has 1 rings (SSSR count). The van der Waals surface area contributed by atoms with E-state index < -0.39 is 21.9 Å². The molecule has 17 heavy (non-hydrogen) atoms. The van der Waals surface area contributed by atoms with Gasteiger partial charge in [0.05, 0.1) is 4.90 Å². The number of carbonyl (C=O) groups is 1. The summed E-state index contributed by atoms with van der Waals surface area (Å²) in [7, 11) is -3.88. The molecule has 1 aromatic carbocycles. The van der Waals surface area contributed by atoms with E-state index in [0.717, 1.165) is 6.07 Å². The molecule has 0 spiro atoms. The summed E-state index contributed by atoms with van der Waals surface area (Å²) in [4.78, 5) is 11.3. The van der Waals surface area contributed by atoms with Crippen LogP contribution in [0.3, 0.4) is 0 Å². The van der Waals surface area contributed by atoms with Crippen molar-refractivity contribution in [3.05, 3.63) is 29.3 Å². The molecule has 0 saturated heterocycles. The maximum atomic E-state index is 11.5. The van der Waals surface area contributed by atoms with E-state index in [1.807, 2.05) is 5.32 Å². The van der Waals surface area contributed by atoms with Crippen molar-refractivity contribution in [1.29, 1.82) is 5.41 Å². The summed E-state index contributed by atoms with van der Waals surface area (Å²) in [5.41, 5.74) is 5.49. The van der Waals surface area contributed by atoms with Gasteiger partial charge in [-0.1, -0.05) is 6.07 Å². The number of nitrogens with one attached hydrogen (secondary N) is 2. The second-order valence-electron chi connectivity index (χ2n) is 3.39. The summed E-state index contributed by atoms with van der Waals surface area (Å²) in [6, 6.07) is 4.01. The SMILES string of the molecule is Cc1ccc(C(=O)NC(=N)N)cc1S(N)(=O)=O. The maximum absolute atomic E-state index is 11.5. The first-order valence-corrected chi connectivity index (χ1v) is 6.05. The molecule has 8 heteroatoms. The van der Waals surface area contributed by atoms with E-state index >= 15 is 0 Å². The summed E-state index contributed by atoms with van der Waals surface area (Å²) in [6.45, 7) is 1.56. The highest BCUT2D eigenvalue weighted by atomic mass is 32.2. The van der Waals surface area contributed by atoms with Gasteiger partial charge in [0.1, 0.15) is 0 Å². The number of benzene rings is 1. The number of rotatable bonds is 2. The Morgan fingerprint density at radius 1 is 1.41 bits per heavy atom. The molecule has 0 aliphatic rings. The van der Waals surface area contributed by atoms with Crippen LogP contribution in [0.25, 0.3) is 0 Å². The Kier molecular flexibility index (Phi) is 3.49. The van der Waals surface area contributed by atoms with E-state index in [4.69, 9.17) is 16.3 Å². The Bertz CT molecular complexity index is 580. The summed E-state index contributed by atoms with van der Waals surface area (Å²) in [5, 5.41) is 13.9. The first-order chi connectivity index (χ1) is 7.71. The van der Waals surface area contributed by atoms with Gasteiger partial charge in [0.25, 0.3) is 5.91 Å². The molecule has 0 heterocycles. The second-order valence-corrected chi connectivity index (χ2v) is 4.92. The Morgan fingerprint density at radius 3 is 2.47 bits per heavy atom. The summed E-state index contributed by atoms with van der Waals surface area (Å²) in [5.74, 6) is -1.19. The number of primary sulfonamides is 1.